The SMILES string of the molecule is CCCOCCC1CCN(CCC(=O)N2CCCC(c3ccc(F)cc3)c3ccc(F)cc32)CC1. The molecule has 2 aliphatic rings. The van der Waals surface area contributed by atoms with E-state index in [-0.39, 0.29) is 23.5 Å². The van der Waals surface area contributed by atoms with Crippen molar-refractivity contribution in [1.82, 2.24) is 4.90 Å². The maximum Gasteiger partial charge on any atom is 0.228 e. The highest BCUT2D eigenvalue weighted by molar-refractivity contribution is 5.94. The fourth-order valence-corrected chi connectivity index (χ4v) is 5.46. The van der Waals surface area contributed by atoms with Crippen LogP contribution in [0.3, 0.4) is 0 Å². The second-order valence-electron chi connectivity index (χ2n) is 9.93. The van der Waals surface area contributed by atoms with E-state index >= 15 is 0 Å². The molecule has 1 atom stereocenters. The molecule has 4 rings (SSSR count). The topological polar surface area (TPSA) is 32.8 Å². The van der Waals surface area contributed by atoms with Crippen molar-refractivity contribution in [3.8, 4) is 0 Å². The molecule has 1 fully saturated rings. The molecule has 2 aromatic carbocycles. The van der Waals surface area contributed by atoms with E-state index in [1.54, 1.807) is 23.1 Å². The lowest BCUT2D eigenvalue weighted by atomic mass is 9.87. The number of anilines is 1. The second kappa shape index (κ2) is 12.6. The summed E-state index contributed by atoms with van der Waals surface area (Å²) in [6.45, 7) is 7.17. The van der Waals surface area contributed by atoms with Crippen molar-refractivity contribution >= 4 is 11.6 Å². The molecular formula is C29H38F2N2O2. The standard InChI is InChI=1S/C29H38F2N2O2/c1-2-19-35-20-14-22-11-16-32(17-12-22)18-13-29(34)33-15-3-4-26(23-5-7-24(30)8-6-23)27-10-9-25(31)21-28(27)33/h5-10,21-22,26H,2-4,11-20H2,1H3. The highest BCUT2D eigenvalue weighted by atomic mass is 19.1. The first kappa shape index (κ1) is 25.8. The molecular weight excluding hydrogens is 446 g/mol. The first-order chi connectivity index (χ1) is 17.0. The number of ether oxygens (including phenoxy) is 1. The highest BCUT2D eigenvalue weighted by Gasteiger charge is 2.28. The van der Waals surface area contributed by atoms with E-state index in [0.717, 1.165) is 82.5 Å². The number of amides is 1. The first-order valence-corrected chi connectivity index (χ1v) is 13.2. The van der Waals surface area contributed by atoms with Gasteiger partial charge in [-0.1, -0.05) is 25.1 Å². The van der Waals surface area contributed by atoms with Crippen LogP contribution < -0.4 is 4.90 Å². The highest BCUT2D eigenvalue weighted by Crippen LogP contribution is 2.39. The van der Waals surface area contributed by atoms with Gasteiger partial charge in [-0.3, -0.25) is 4.79 Å². The number of hydrogen-bond acceptors (Lipinski definition) is 3. The molecule has 4 nitrogen and oxygen atoms in total. The largest absolute Gasteiger partial charge is 0.381 e. The maximum absolute atomic E-state index is 14.3. The molecule has 190 valence electrons. The second-order valence-corrected chi connectivity index (χ2v) is 9.93. The van der Waals surface area contributed by atoms with Crippen LogP contribution in [0, 0.1) is 17.6 Å². The van der Waals surface area contributed by atoms with Crippen LogP contribution in [-0.4, -0.2) is 50.2 Å². The number of halogens is 2. The van der Waals surface area contributed by atoms with E-state index in [9.17, 15) is 13.6 Å². The van der Waals surface area contributed by atoms with Gasteiger partial charge >= 0.3 is 0 Å². The van der Waals surface area contributed by atoms with E-state index in [1.165, 1.54) is 24.3 Å². The average molecular weight is 485 g/mol. The molecule has 1 unspecified atom stereocenters. The molecule has 6 heteroatoms. The van der Waals surface area contributed by atoms with Crippen molar-refractivity contribution in [3.05, 3.63) is 65.2 Å². The molecule has 0 saturated carbocycles. The molecule has 1 amide bonds. The number of likely N-dealkylation sites (tertiary alicyclic amines) is 1. The minimum Gasteiger partial charge on any atom is -0.381 e. The van der Waals surface area contributed by atoms with Gasteiger partial charge in [0.2, 0.25) is 5.91 Å². The summed E-state index contributed by atoms with van der Waals surface area (Å²) in [4.78, 5) is 17.5. The van der Waals surface area contributed by atoms with Gasteiger partial charge in [0.15, 0.2) is 0 Å². The minimum atomic E-state index is -0.341. The Kier molecular flexibility index (Phi) is 9.27. The van der Waals surface area contributed by atoms with Gasteiger partial charge in [0, 0.05) is 38.6 Å². The minimum absolute atomic E-state index is 0.0179. The quantitative estimate of drug-likeness (QED) is 0.401. The molecule has 0 spiro atoms. The van der Waals surface area contributed by atoms with Crippen LogP contribution in [0.25, 0.3) is 0 Å². The number of benzene rings is 2. The molecule has 2 aromatic rings. The Balaban J connectivity index is 1.36. The Hall–Kier alpha value is -2.31. The van der Waals surface area contributed by atoms with E-state index in [2.05, 4.69) is 11.8 Å². The molecule has 0 N–H and O–H groups in total. The van der Waals surface area contributed by atoms with Gasteiger partial charge in [0.1, 0.15) is 11.6 Å². The Morgan fingerprint density at radius 3 is 2.46 bits per heavy atom. The molecule has 0 aromatic heterocycles. The number of hydrogen-bond donors (Lipinski definition) is 0. The Labute approximate surface area is 208 Å². The average Bonchev–Trinajstić information content (AvgIpc) is 3.06. The van der Waals surface area contributed by atoms with Gasteiger partial charge in [-0.2, -0.15) is 0 Å². The van der Waals surface area contributed by atoms with Crippen LogP contribution in [0.4, 0.5) is 14.5 Å². The van der Waals surface area contributed by atoms with Crippen LogP contribution in [0.5, 0.6) is 0 Å². The zero-order chi connectivity index (χ0) is 24.6. The summed E-state index contributed by atoms with van der Waals surface area (Å²) in [5, 5.41) is 0. The van der Waals surface area contributed by atoms with Crippen LogP contribution in [0.2, 0.25) is 0 Å². The summed E-state index contributed by atoms with van der Waals surface area (Å²) in [5.74, 6) is 0.164. The molecule has 0 bridgehead atoms. The Morgan fingerprint density at radius 2 is 1.71 bits per heavy atom. The first-order valence-electron chi connectivity index (χ1n) is 13.2. The van der Waals surface area contributed by atoms with Crippen molar-refractivity contribution in [3.63, 3.8) is 0 Å². The van der Waals surface area contributed by atoms with Crippen molar-refractivity contribution in [2.24, 2.45) is 5.92 Å². The molecule has 0 radical (unpaired) electrons. The monoisotopic (exact) mass is 484 g/mol. The lowest BCUT2D eigenvalue weighted by molar-refractivity contribution is -0.119. The summed E-state index contributed by atoms with van der Waals surface area (Å²) in [7, 11) is 0. The van der Waals surface area contributed by atoms with Crippen molar-refractivity contribution < 1.29 is 18.3 Å². The van der Waals surface area contributed by atoms with Crippen LogP contribution in [-0.2, 0) is 9.53 Å². The summed E-state index contributed by atoms with van der Waals surface area (Å²) in [6.07, 6.45) is 6.58. The third-order valence-corrected chi connectivity index (χ3v) is 7.47. The summed E-state index contributed by atoms with van der Waals surface area (Å²) in [5.41, 5.74) is 2.60. The Morgan fingerprint density at radius 1 is 0.971 bits per heavy atom. The molecule has 2 heterocycles. The van der Waals surface area contributed by atoms with Gasteiger partial charge in [-0.05, 0) is 92.9 Å². The van der Waals surface area contributed by atoms with Crippen LogP contribution in [0.1, 0.15) is 68.9 Å². The summed E-state index contributed by atoms with van der Waals surface area (Å²) < 4.78 is 33.4. The molecule has 35 heavy (non-hydrogen) atoms. The number of nitrogens with zero attached hydrogens (tertiary/aromatic N) is 2. The van der Waals surface area contributed by atoms with Gasteiger partial charge in [-0.15, -0.1) is 0 Å². The number of carbonyl (C=O) groups excluding carboxylic acids is 1. The fraction of sp³-hybridized carbons (Fsp3) is 0.552. The molecule has 0 aliphatic carbocycles. The number of rotatable bonds is 9. The number of fused-ring (bicyclic) bond motifs is 1. The van der Waals surface area contributed by atoms with Gasteiger partial charge in [0.05, 0.1) is 5.69 Å². The molecule has 2 aliphatic heterocycles. The van der Waals surface area contributed by atoms with Crippen molar-refractivity contribution in [1.29, 1.82) is 0 Å². The van der Waals surface area contributed by atoms with Crippen molar-refractivity contribution in [2.45, 2.75) is 57.8 Å². The lowest BCUT2D eigenvalue weighted by Crippen LogP contribution is -2.38. The van der Waals surface area contributed by atoms with E-state index in [1.807, 2.05) is 0 Å². The number of piperidine rings is 1. The van der Waals surface area contributed by atoms with Crippen molar-refractivity contribution in [2.75, 3.05) is 44.3 Å². The summed E-state index contributed by atoms with van der Waals surface area (Å²) >= 11 is 0. The van der Waals surface area contributed by atoms with Gasteiger partial charge in [0.25, 0.3) is 0 Å². The van der Waals surface area contributed by atoms with Crippen LogP contribution in [0.15, 0.2) is 42.5 Å². The van der Waals surface area contributed by atoms with Crippen LogP contribution >= 0.6 is 0 Å². The number of carbonyl (C=O) groups is 1. The van der Waals surface area contributed by atoms with E-state index in [0.29, 0.717) is 24.6 Å². The smallest absolute Gasteiger partial charge is 0.228 e. The lowest BCUT2D eigenvalue weighted by Gasteiger charge is -2.32. The third-order valence-electron chi connectivity index (χ3n) is 7.47. The third kappa shape index (κ3) is 6.89. The van der Waals surface area contributed by atoms with E-state index in [4.69, 9.17) is 4.74 Å². The van der Waals surface area contributed by atoms with E-state index < -0.39 is 0 Å². The zero-order valence-corrected chi connectivity index (χ0v) is 20.9. The fourth-order valence-electron chi connectivity index (χ4n) is 5.46. The van der Waals surface area contributed by atoms with Gasteiger partial charge in [-0.25, -0.2) is 8.78 Å². The Bertz CT molecular complexity index is 958. The van der Waals surface area contributed by atoms with Gasteiger partial charge < -0.3 is 14.5 Å². The zero-order valence-electron chi connectivity index (χ0n) is 20.9. The predicted octanol–water partition coefficient (Wildman–Crippen LogP) is 6.14. The maximum atomic E-state index is 14.3. The predicted molar refractivity (Wildman–Crippen MR) is 136 cm³/mol. The molecule has 1 saturated heterocycles. The normalized spacial score (nSPS) is 19.4. The summed E-state index contributed by atoms with van der Waals surface area (Å²) in [6, 6.07) is 11.3.